The van der Waals surface area contributed by atoms with Crippen molar-refractivity contribution in [2.45, 2.75) is 13.5 Å². The summed E-state index contributed by atoms with van der Waals surface area (Å²) >= 11 is 0. The summed E-state index contributed by atoms with van der Waals surface area (Å²) in [6.45, 7) is 2.71. The van der Waals surface area contributed by atoms with Crippen molar-refractivity contribution >= 4 is 16.9 Å². The van der Waals surface area contributed by atoms with Crippen LogP contribution in [0.1, 0.15) is 6.92 Å². The van der Waals surface area contributed by atoms with Crippen LogP contribution in [0.25, 0.3) is 11.0 Å². The summed E-state index contributed by atoms with van der Waals surface area (Å²) in [6, 6.07) is 7.75. The van der Waals surface area contributed by atoms with Crippen LogP contribution in [0.3, 0.4) is 0 Å². The van der Waals surface area contributed by atoms with Gasteiger partial charge >= 0.3 is 0 Å². The molecule has 15 heavy (non-hydrogen) atoms. The maximum absolute atomic E-state index is 10.7. The fourth-order valence-electron chi connectivity index (χ4n) is 1.42. The third-order valence-electron chi connectivity index (χ3n) is 2.12. The number of para-hydroxylation sites is 1. The molecule has 0 saturated carbocycles. The second kappa shape index (κ2) is 4.08. The monoisotopic (exact) mass is 204 g/mol. The molecule has 0 atom stereocenters. The molecule has 0 radical (unpaired) electrons. The molecule has 0 aliphatic heterocycles. The first-order chi connectivity index (χ1) is 7.27. The van der Waals surface area contributed by atoms with Crippen molar-refractivity contribution in [3.63, 3.8) is 0 Å². The molecule has 0 bridgehead atoms. The van der Waals surface area contributed by atoms with Crippen LogP contribution in [0.2, 0.25) is 0 Å². The van der Waals surface area contributed by atoms with Crippen molar-refractivity contribution in [3.8, 4) is 0 Å². The van der Waals surface area contributed by atoms with E-state index in [-0.39, 0.29) is 5.91 Å². The van der Waals surface area contributed by atoms with E-state index in [4.69, 9.17) is 0 Å². The Hall–Kier alpha value is -1.91. The van der Waals surface area contributed by atoms with E-state index in [0.717, 1.165) is 11.0 Å². The van der Waals surface area contributed by atoms with Crippen LogP contribution in [-0.2, 0) is 11.3 Å². The first-order valence-electron chi connectivity index (χ1n) is 4.80. The Labute approximate surface area is 87.1 Å². The Balaban J connectivity index is 2.11. The second-order valence-electron chi connectivity index (χ2n) is 3.28. The average molecular weight is 204 g/mol. The van der Waals surface area contributed by atoms with Crippen LogP contribution >= 0.6 is 0 Å². The minimum atomic E-state index is -0.0283. The van der Waals surface area contributed by atoms with Gasteiger partial charge in [-0.2, -0.15) is 0 Å². The molecule has 2 aromatic rings. The van der Waals surface area contributed by atoms with Gasteiger partial charge in [-0.1, -0.05) is 17.3 Å². The van der Waals surface area contributed by atoms with Crippen LogP contribution in [-0.4, -0.2) is 27.4 Å². The quantitative estimate of drug-likeness (QED) is 0.795. The molecule has 5 nitrogen and oxygen atoms in total. The fraction of sp³-hybridized carbons (Fsp3) is 0.300. The van der Waals surface area contributed by atoms with Crippen LogP contribution in [0.4, 0.5) is 0 Å². The van der Waals surface area contributed by atoms with E-state index in [0.29, 0.717) is 13.1 Å². The van der Waals surface area contributed by atoms with Gasteiger partial charge in [-0.15, -0.1) is 5.10 Å². The zero-order valence-electron chi connectivity index (χ0n) is 8.47. The molecule has 1 aromatic heterocycles. The number of carbonyl (C=O) groups is 1. The van der Waals surface area contributed by atoms with Crippen LogP contribution in [0.5, 0.6) is 0 Å². The highest BCUT2D eigenvalue weighted by molar-refractivity contribution is 5.74. The number of fused-ring (bicyclic) bond motifs is 1. The first-order valence-corrected chi connectivity index (χ1v) is 4.80. The van der Waals surface area contributed by atoms with Gasteiger partial charge in [0, 0.05) is 13.5 Å². The molecule has 1 N–H and O–H groups in total. The second-order valence-corrected chi connectivity index (χ2v) is 3.28. The number of amides is 1. The van der Waals surface area contributed by atoms with Gasteiger partial charge in [-0.3, -0.25) is 4.79 Å². The Morgan fingerprint density at radius 3 is 3.07 bits per heavy atom. The zero-order chi connectivity index (χ0) is 10.7. The van der Waals surface area contributed by atoms with E-state index >= 15 is 0 Å². The topological polar surface area (TPSA) is 59.8 Å². The Morgan fingerprint density at radius 1 is 1.47 bits per heavy atom. The molecule has 0 spiro atoms. The van der Waals surface area contributed by atoms with Crippen molar-refractivity contribution < 1.29 is 4.79 Å². The lowest BCUT2D eigenvalue weighted by molar-refractivity contribution is -0.118. The van der Waals surface area contributed by atoms with Crippen molar-refractivity contribution in [2.24, 2.45) is 0 Å². The van der Waals surface area contributed by atoms with E-state index in [2.05, 4.69) is 15.6 Å². The van der Waals surface area contributed by atoms with Gasteiger partial charge < -0.3 is 5.32 Å². The summed E-state index contributed by atoms with van der Waals surface area (Å²) in [6.07, 6.45) is 0. The van der Waals surface area contributed by atoms with E-state index in [1.165, 1.54) is 6.92 Å². The van der Waals surface area contributed by atoms with E-state index in [9.17, 15) is 4.79 Å². The standard InChI is InChI=1S/C10H12N4O/c1-8(15)11-6-7-14-10-5-3-2-4-9(10)12-13-14/h2-5H,6-7H2,1H3,(H,11,15). The minimum Gasteiger partial charge on any atom is -0.354 e. The molecule has 1 amide bonds. The maximum atomic E-state index is 10.7. The summed E-state index contributed by atoms with van der Waals surface area (Å²) in [4.78, 5) is 10.7. The summed E-state index contributed by atoms with van der Waals surface area (Å²) in [5, 5.41) is 10.7. The molecular formula is C10H12N4O. The minimum absolute atomic E-state index is 0.0283. The predicted octanol–water partition coefficient (Wildman–Crippen LogP) is 0.567. The van der Waals surface area contributed by atoms with Crippen molar-refractivity contribution in [1.82, 2.24) is 20.3 Å². The number of aromatic nitrogens is 3. The Kier molecular flexibility index (Phi) is 2.62. The third kappa shape index (κ3) is 2.12. The van der Waals surface area contributed by atoms with Gasteiger partial charge in [0.05, 0.1) is 12.1 Å². The van der Waals surface area contributed by atoms with Gasteiger partial charge in [-0.25, -0.2) is 4.68 Å². The molecule has 5 heteroatoms. The smallest absolute Gasteiger partial charge is 0.216 e. The fourth-order valence-corrected chi connectivity index (χ4v) is 1.42. The number of nitrogens with one attached hydrogen (secondary N) is 1. The normalized spacial score (nSPS) is 10.5. The van der Waals surface area contributed by atoms with E-state index in [1.807, 2.05) is 24.3 Å². The van der Waals surface area contributed by atoms with Crippen LogP contribution < -0.4 is 5.32 Å². The number of nitrogens with zero attached hydrogens (tertiary/aromatic N) is 3. The van der Waals surface area contributed by atoms with Gasteiger partial charge in [0.25, 0.3) is 0 Å². The SMILES string of the molecule is CC(=O)NCCn1nnc2ccccc21. The summed E-state index contributed by atoms with van der Waals surface area (Å²) in [7, 11) is 0. The Morgan fingerprint density at radius 2 is 2.27 bits per heavy atom. The summed E-state index contributed by atoms with van der Waals surface area (Å²) in [5.41, 5.74) is 1.86. The number of hydrogen-bond donors (Lipinski definition) is 1. The number of rotatable bonds is 3. The third-order valence-corrected chi connectivity index (χ3v) is 2.12. The molecule has 0 aliphatic carbocycles. The highest BCUT2D eigenvalue weighted by atomic mass is 16.1. The highest BCUT2D eigenvalue weighted by Gasteiger charge is 2.02. The number of carbonyl (C=O) groups excluding carboxylic acids is 1. The number of benzene rings is 1. The molecule has 1 heterocycles. The highest BCUT2D eigenvalue weighted by Crippen LogP contribution is 2.08. The summed E-state index contributed by atoms with van der Waals surface area (Å²) in [5.74, 6) is -0.0283. The first kappa shape index (κ1) is 9.64. The average Bonchev–Trinajstić information content (AvgIpc) is 2.62. The maximum Gasteiger partial charge on any atom is 0.216 e. The zero-order valence-corrected chi connectivity index (χ0v) is 8.47. The lowest BCUT2D eigenvalue weighted by atomic mass is 10.3. The molecule has 0 saturated heterocycles. The molecule has 2 rings (SSSR count). The van der Waals surface area contributed by atoms with E-state index < -0.39 is 0 Å². The van der Waals surface area contributed by atoms with E-state index in [1.54, 1.807) is 4.68 Å². The number of hydrogen-bond acceptors (Lipinski definition) is 3. The molecule has 0 aliphatic rings. The van der Waals surface area contributed by atoms with Crippen LogP contribution in [0, 0.1) is 0 Å². The molecule has 1 aromatic carbocycles. The van der Waals surface area contributed by atoms with Crippen molar-refractivity contribution in [3.05, 3.63) is 24.3 Å². The largest absolute Gasteiger partial charge is 0.354 e. The van der Waals surface area contributed by atoms with Crippen molar-refractivity contribution in [2.75, 3.05) is 6.54 Å². The van der Waals surface area contributed by atoms with Crippen LogP contribution in [0.15, 0.2) is 24.3 Å². The molecule has 78 valence electrons. The summed E-state index contributed by atoms with van der Waals surface area (Å²) < 4.78 is 1.78. The van der Waals surface area contributed by atoms with Gasteiger partial charge in [0.15, 0.2) is 0 Å². The lowest BCUT2D eigenvalue weighted by Crippen LogP contribution is -2.24. The van der Waals surface area contributed by atoms with Crippen molar-refractivity contribution in [1.29, 1.82) is 0 Å². The molecular weight excluding hydrogens is 192 g/mol. The molecule has 0 fully saturated rings. The van der Waals surface area contributed by atoms with Gasteiger partial charge in [-0.05, 0) is 12.1 Å². The van der Waals surface area contributed by atoms with Gasteiger partial charge in [0.2, 0.25) is 5.91 Å². The molecule has 0 unspecified atom stereocenters. The van der Waals surface area contributed by atoms with Gasteiger partial charge in [0.1, 0.15) is 5.52 Å². The lowest BCUT2D eigenvalue weighted by Gasteiger charge is -2.02. The predicted molar refractivity (Wildman–Crippen MR) is 56.2 cm³/mol. The Bertz CT molecular complexity index is 477.